The van der Waals surface area contributed by atoms with Crippen LogP contribution in [0.2, 0.25) is 0 Å². The van der Waals surface area contributed by atoms with Gasteiger partial charge in [0.25, 0.3) is 0 Å². The molecule has 0 radical (unpaired) electrons. The maximum Gasteiger partial charge on any atom is 0.110 e. The van der Waals surface area contributed by atoms with Crippen LogP contribution in [-0.2, 0) is 16.4 Å². The third-order valence-corrected chi connectivity index (χ3v) is 6.09. The molecule has 4 nitrogen and oxygen atoms in total. The molecule has 18 heavy (non-hydrogen) atoms. The predicted molar refractivity (Wildman–Crippen MR) is 67.0 cm³/mol. The van der Waals surface area contributed by atoms with Crippen LogP contribution in [-0.4, -0.2) is 24.8 Å². The van der Waals surface area contributed by atoms with E-state index >= 15 is 0 Å². The molecule has 0 saturated carbocycles. The Morgan fingerprint density at radius 1 is 1.44 bits per heavy atom. The van der Waals surface area contributed by atoms with E-state index < -0.39 is 16.4 Å². The zero-order valence-corrected chi connectivity index (χ0v) is 10.7. The lowest BCUT2D eigenvalue weighted by atomic mass is 9.87. The number of nitriles is 1. The van der Waals surface area contributed by atoms with E-state index in [0.29, 0.717) is 24.1 Å². The molecule has 2 unspecified atom stereocenters. The van der Waals surface area contributed by atoms with E-state index in [1.165, 1.54) is 0 Å². The summed E-state index contributed by atoms with van der Waals surface area (Å²) in [6, 6.07) is 5.45. The second-order valence-electron chi connectivity index (χ2n) is 5.10. The quantitative estimate of drug-likeness (QED) is 0.825. The monoisotopic (exact) mass is 262 g/mol. The van der Waals surface area contributed by atoms with Crippen molar-refractivity contribution in [3.63, 3.8) is 0 Å². The number of rotatable bonds is 1. The number of pyridine rings is 1. The van der Waals surface area contributed by atoms with E-state index in [1.807, 2.05) is 0 Å². The van der Waals surface area contributed by atoms with Crippen molar-refractivity contribution in [2.45, 2.75) is 41.8 Å². The minimum atomic E-state index is -1.08. The second-order valence-corrected chi connectivity index (χ2v) is 7.09. The summed E-state index contributed by atoms with van der Waals surface area (Å²) < 4.78 is 12.0. The summed E-state index contributed by atoms with van der Waals surface area (Å²) in [5.41, 5.74) is -0.195. The molecule has 2 aliphatic rings. The van der Waals surface area contributed by atoms with E-state index in [2.05, 4.69) is 11.1 Å². The molecule has 1 aromatic heterocycles. The van der Waals surface area contributed by atoms with Gasteiger partial charge in [-0.2, -0.15) is 5.26 Å². The Balaban J connectivity index is 2.02. The van der Waals surface area contributed by atoms with Crippen molar-refractivity contribution >= 4 is 10.8 Å². The summed E-state index contributed by atoms with van der Waals surface area (Å²) in [4.78, 5) is 4.20. The molecule has 1 N–H and O–H groups in total. The Hall–Kier alpha value is -1.25. The van der Waals surface area contributed by atoms with Gasteiger partial charge in [0.1, 0.15) is 11.7 Å². The maximum atomic E-state index is 12.0. The van der Waals surface area contributed by atoms with Gasteiger partial charge in [0, 0.05) is 27.5 Å². The lowest BCUT2D eigenvalue weighted by Crippen LogP contribution is -2.41. The van der Waals surface area contributed by atoms with Crippen LogP contribution in [0.3, 0.4) is 0 Å². The summed E-state index contributed by atoms with van der Waals surface area (Å²) in [6.45, 7) is 0. The molecule has 2 atom stereocenters. The van der Waals surface area contributed by atoms with Crippen molar-refractivity contribution in [2.75, 3.05) is 0 Å². The molecule has 3 rings (SSSR count). The topological polar surface area (TPSA) is 74.0 Å². The van der Waals surface area contributed by atoms with Crippen LogP contribution in [0.25, 0.3) is 0 Å². The zero-order valence-electron chi connectivity index (χ0n) is 9.87. The van der Waals surface area contributed by atoms with Crippen LogP contribution in [0.1, 0.15) is 36.9 Å². The van der Waals surface area contributed by atoms with Crippen LogP contribution >= 0.6 is 0 Å². The molecule has 0 aromatic carbocycles. The third kappa shape index (κ3) is 1.68. The molecular formula is C13H14N2O2S. The molecule has 94 valence electrons. The van der Waals surface area contributed by atoms with Crippen molar-refractivity contribution < 1.29 is 9.32 Å². The van der Waals surface area contributed by atoms with Crippen LogP contribution < -0.4 is 0 Å². The Kier molecular flexibility index (Phi) is 2.72. The largest absolute Gasteiger partial charge is 0.383 e. The number of aliphatic hydroxyl groups is 1. The minimum absolute atomic E-state index is 0.0577. The van der Waals surface area contributed by atoms with Crippen molar-refractivity contribution in [3.8, 4) is 6.07 Å². The van der Waals surface area contributed by atoms with Gasteiger partial charge in [0.2, 0.25) is 0 Å². The molecule has 0 amide bonds. The molecule has 1 aromatic rings. The van der Waals surface area contributed by atoms with Crippen molar-refractivity contribution in [3.05, 3.63) is 29.6 Å². The van der Waals surface area contributed by atoms with E-state index in [-0.39, 0.29) is 10.5 Å². The highest BCUT2D eigenvalue weighted by molar-refractivity contribution is 7.86. The van der Waals surface area contributed by atoms with E-state index in [0.717, 1.165) is 12.8 Å². The fourth-order valence-electron chi connectivity index (χ4n) is 3.14. The van der Waals surface area contributed by atoms with Gasteiger partial charge in [-0.15, -0.1) is 0 Å². The highest BCUT2D eigenvalue weighted by Gasteiger charge is 2.49. The SMILES string of the molecule is N#Cc1cccnc1C1(O)CC2CCC(C1)S2=O. The molecule has 2 fully saturated rings. The lowest BCUT2D eigenvalue weighted by molar-refractivity contribution is 0.0139. The van der Waals surface area contributed by atoms with Gasteiger partial charge in [0.15, 0.2) is 0 Å². The normalized spacial score (nSPS) is 38.3. The average molecular weight is 262 g/mol. The first-order valence-corrected chi connectivity index (χ1v) is 7.39. The summed E-state index contributed by atoms with van der Waals surface area (Å²) in [5.74, 6) is 0. The molecular weight excluding hydrogens is 248 g/mol. The smallest absolute Gasteiger partial charge is 0.110 e. The first-order chi connectivity index (χ1) is 8.64. The van der Waals surface area contributed by atoms with Crippen molar-refractivity contribution in [1.82, 2.24) is 4.98 Å². The molecule has 0 spiro atoms. The summed E-state index contributed by atoms with van der Waals surface area (Å²) in [5, 5.41) is 20.0. The summed E-state index contributed by atoms with van der Waals surface area (Å²) >= 11 is 0. The number of hydrogen-bond acceptors (Lipinski definition) is 4. The maximum absolute atomic E-state index is 12.0. The molecule has 0 aliphatic carbocycles. The Labute approximate surface area is 108 Å². The highest BCUT2D eigenvalue weighted by Crippen LogP contribution is 2.45. The molecule has 5 heteroatoms. The first kappa shape index (κ1) is 11.8. The van der Waals surface area contributed by atoms with Crippen molar-refractivity contribution in [2.24, 2.45) is 0 Å². The number of aromatic nitrogens is 1. The van der Waals surface area contributed by atoms with Gasteiger partial charge in [-0.3, -0.25) is 9.19 Å². The van der Waals surface area contributed by atoms with E-state index in [4.69, 9.17) is 5.26 Å². The number of hydrogen-bond donors (Lipinski definition) is 1. The first-order valence-electron chi connectivity index (χ1n) is 6.11. The number of fused-ring (bicyclic) bond motifs is 2. The zero-order chi connectivity index (χ0) is 12.8. The van der Waals surface area contributed by atoms with Crippen LogP contribution in [0.4, 0.5) is 0 Å². The fourth-order valence-corrected chi connectivity index (χ4v) is 5.30. The van der Waals surface area contributed by atoms with Gasteiger partial charge >= 0.3 is 0 Å². The van der Waals surface area contributed by atoms with Crippen LogP contribution in [0.15, 0.2) is 18.3 Å². The Bertz CT molecular complexity index is 536. The molecule has 2 aliphatic heterocycles. The molecule has 3 heterocycles. The minimum Gasteiger partial charge on any atom is -0.383 e. The van der Waals surface area contributed by atoms with E-state index in [1.54, 1.807) is 18.3 Å². The fraction of sp³-hybridized carbons (Fsp3) is 0.538. The van der Waals surface area contributed by atoms with Gasteiger partial charge in [0.05, 0.1) is 11.3 Å². The van der Waals surface area contributed by atoms with E-state index in [9.17, 15) is 9.32 Å². The Morgan fingerprint density at radius 2 is 2.11 bits per heavy atom. The van der Waals surface area contributed by atoms with Crippen LogP contribution in [0.5, 0.6) is 0 Å². The number of nitrogens with zero attached hydrogens (tertiary/aromatic N) is 2. The molecule has 2 saturated heterocycles. The second kappa shape index (κ2) is 4.15. The Morgan fingerprint density at radius 3 is 2.72 bits per heavy atom. The van der Waals surface area contributed by atoms with Gasteiger partial charge in [-0.1, -0.05) is 0 Å². The standard InChI is InChI=1S/C13H14N2O2S/c14-8-9-2-1-5-15-12(9)13(16)6-10-3-4-11(7-13)18(10)17/h1-2,5,10-11,16H,3-4,6-7H2. The molecule has 2 bridgehead atoms. The lowest BCUT2D eigenvalue weighted by Gasteiger charge is -2.35. The summed E-state index contributed by atoms with van der Waals surface area (Å²) in [7, 11) is -0.818. The third-order valence-electron chi connectivity index (χ3n) is 3.97. The van der Waals surface area contributed by atoms with Crippen LogP contribution in [0, 0.1) is 11.3 Å². The summed E-state index contributed by atoms with van der Waals surface area (Å²) in [6.07, 6.45) is 4.34. The highest BCUT2D eigenvalue weighted by atomic mass is 32.2. The van der Waals surface area contributed by atoms with Gasteiger partial charge < -0.3 is 5.11 Å². The predicted octanol–water partition coefficient (Wildman–Crippen LogP) is 1.21. The van der Waals surface area contributed by atoms with Gasteiger partial charge in [-0.05, 0) is 37.8 Å². The van der Waals surface area contributed by atoms with Gasteiger partial charge in [-0.25, -0.2) is 0 Å². The van der Waals surface area contributed by atoms with Crippen molar-refractivity contribution in [1.29, 1.82) is 5.26 Å². The average Bonchev–Trinajstić information content (AvgIpc) is 2.63.